The highest BCUT2D eigenvalue weighted by Crippen LogP contribution is 2.62. The molecule has 67 heavy (non-hydrogen) atoms. The number of benzene rings is 8. The zero-order chi connectivity index (χ0) is 44.0. The van der Waals surface area contributed by atoms with E-state index < -0.39 is 5.41 Å². The summed E-state index contributed by atoms with van der Waals surface area (Å²) in [4.78, 5) is 12.4. The molecule has 0 bridgehead atoms. The van der Waals surface area contributed by atoms with E-state index in [2.05, 4.69) is 202 Å². The molecule has 0 N–H and O–H groups in total. The highest BCUT2D eigenvalue weighted by molar-refractivity contribution is 7.99. The predicted molar refractivity (Wildman–Crippen MR) is 271 cm³/mol. The maximum Gasteiger partial charge on any atom is 0.0991 e. The molecule has 0 fully saturated rings. The zero-order valence-corrected chi connectivity index (χ0v) is 36.5. The van der Waals surface area contributed by atoms with Crippen LogP contribution in [0, 0.1) is 11.3 Å². The van der Waals surface area contributed by atoms with Crippen molar-refractivity contribution in [2.45, 2.75) is 15.2 Å². The molecular weight excluding hydrogens is 837 g/mol. The molecule has 8 aromatic carbocycles. The number of nitrogens with zero attached hydrogens (tertiary/aromatic N) is 6. The fraction of sp³-hybridized carbons (Fsp3) is 0.0167. The Balaban J connectivity index is 0.966. The molecule has 0 radical (unpaired) electrons. The van der Waals surface area contributed by atoms with Crippen LogP contribution in [0.1, 0.15) is 27.8 Å². The molecule has 2 aliphatic rings. The number of hydrogen-bond acceptors (Lipinski definition) is 4. The minimum atomic E-state index is -0.652. The summed E-state index contributed by atoms with van der Waals surface area (Å²) in [6, 6.07) is 72.7. The Hall–Kier alpha value is -8.70. The van der Waals surface area contributed by atoms with Gasteiger partial charge in [0.1, 0.15) is 0 Å². The molecule has 0 saturated heterocycles. The van der Waals surface area contributed by atoms with Crippen LogP contribution in [0.15, 0.2) is 216 Å². The van der Waals surface area contributed by atoms with Crippen LogP contribution >= 0.6 is 11.8 Å². The fourth-order valence-corrected chi connectivity index (χ4v) is 13.0. The van der Waals surface area contributed by atoms with Crippen molar-refractivity contribution in [3.05, 3.63) is 234 Å². The predicted octanol–water partition coefficient (Wildman–Crippen LogP) is 14.5. The van der Waals surface area contributed by atoms with Gasteiger partial charge < -0.3 is 13.7 Å². The lowest BCUT2D eigenvalue weighted by molar-refractivity contribution is 0.718. The van der Waals surface area contributed by atoms with E-state index in [4.69, 9.17) is 9.97 Å². The first kappa shape index (κ1) is 36.6. The minimum Gasteiger partial charge on any atom is -0.309 e. The second kappa shape index (κ2) is 13.4. The largest absolute Gasteiger partial charge is 0.309 e. The van der Waals surface area contributed by atoms with Crippen molar-refractivity contribution < 1.29 is 0 Å². The first-order valence-electron chi connectivity index (χ1n) is 22.5. The van der Waals surface area contributed by atoms with Crippen LogP contribution in [0.2, 0.25) is 0 Å². The Morgan fingerprint density at radius 1 is 0.373 bits per heavy atom. The minimum absolute atomic E-state index is 0.651. The van der Waals surface area contributed by atoms with Gasteiger partial charge in [0, 0.05) is 71.6 Å². The van der Waals surface area contributed by atoms with Crippen molar-refractivity contribution in [1.29, 1.82) is 5.26 Å². The second-order valence-corrected chi connectivity index (χ2v) is 18.7. The average Bonchev–Trinajstić information content (AvgIpc) is 4.10. The van der Waals surface area contributed by atoms with Crippen LogP contribution in [0.4, 0.5) is 0 Å². The Morgan fingerprint density at radius 3 is 1.27 bits per heavy atom. The smallest absolute Gasteiger partial charge is 0.0991 e. The van der Waals surface area contributed by atoms with Gasteiger partial charge in [-0.25, -0.2) is 0 Å². The molecule has 0 saturated carbocycles. The summed E-state index contributed by atoms with van der Waals surface area (Å²) >= 11 is 1.83. The van der Waals surface area contributed by atoms with Crippen molar-refractivity contribution in [1.82, 2.24) is 23.7 Å². The summed E-state index contributed by atoms with van der Waals surface area (Å²) in [7, 11) is 0. The summed E-state index contributed by atoms with van der Waals surface area (Å²) < 4.78 is 7.18. The Labute approximate surface area is 388 Å². The van der Waals surface area contributed by atoms with Gasteiger partial charge in [-0.3, -0.25) is 9.97 Å². The van der Waals surface area contributed by atoms with Crippen LogP contribution in [0.5, 0.6) is 0 Å². The number of para-hydroxylation sites is 4. The van der Waals surface area contributed by atoms with Gasteiger partial charge >= 0.3 is 0 Å². The molecular formula is C60H34N6S. The third kappa shape index (κ3) is 4.79. The number of nitriles is 1. The van der Waals surface area contributed by atoms with Gasteiger partial charge in [-0.1, -0.05) is 109 Å². The van der Waals surface area contributed by atoms with Crippen LogP contribution in [0.25, 0.3) is 93.9 Å². The SMILES string of the molecule is N#Cc1ccc2c(c1)c1ccccc1n2-c1ccc2c(c1)Sc1cc(-n3c4ccccc4c4cc(-n5c6ccccc6c6ccccc65)ccc43)ccc1C21c2cccnc2-c2ncccc21. The quantitative estimate of drug-likeness (QED) is 0.177. The standard InChI is InChI=1S/C60H34N6S/c61-35-36-21-27-54-44(31-36)42-13-3-7-19-52(42)65(54)38-22-25-46-56(33-38)67-57-34-39(23-26-47(57)60(46)48-15-9-29-62-58(48)59-49(60)16-10-30-63-59)66-53-20-8-4-14-43(53)45-32-37(24-28-55(45)66)64-50-17-5-1-11-40(50)41-12-2-6-18-51(41)64/h1-34H. The van der Waals surface area contributed by atoms with Gasteiger partial charge in [0.25, 0.3) is 0 Å². The number of rotatable bonds is 3. The topological polar surface area (TPSA) is 64.4 Å². The fourth-order valence-electron chi connectivity index (χ4n) is 11.8. The maximum absolute atomic E-state index is 9.87. The van der Waals surface area contributed by atoms with Crippen LogP contribution in [-0.2, 0) is 5.41 Å². The van der Waals surface area contributed by atoms with E-state index in [1.165, 1.54) is 53.5 Å². The highest BCUT2D eigenvalue weighted by atomic mass is 32.2. The third-order valence-corrected chi connectivity index (χ3v) is 15.5. The summed E-state index contributed by atoms with van der Waals surface area (Å²) in [5, 5.41) is 17.0. The third-order valence-electron chi connectivity index (χ3n) is 14.4. The lowest BCUT2D eigenvalue weighted by Gasteiger charge is -2.39. The first-order chi connectivity index (χ1) is 33.2. The number of hydrogen-bond donors (Lipinski definition) is 0. The van der Waals surface area contributed by atoms with E-state index in [9.17, 15) is 5.26 Å². The summed E-state index contributed by atoms with van der Waals surface area (Å²) in [6.45, 7) is 0. The maximum atomic E-state index is 9.87. The summed E-state index contributed by atoms with van der Waals surface area (Å²) in [5.41, 5.74) is 16.7. The van der Waals surface area contributed by atoms with Crippen molar-refractivity contribution >= 4 is 77.2 Å². The zero-order valence-electron chi connectivity index (χ0n) is 35.7. The molecule has 1 aliphatic heterocycles. The monoisotopic (exact) mass is 870 g/mol. The molecule has 310 valence electrons. The van der Waals surface area contributed by atoms with Gasteiger partial charge in [-0.15, -0.1) is 0 Å². The molecule has 0 unspecified atom stereocenters. The van der Waals surface area contributed by atoms with E-state index in [-0.39, 0.29) is 0 Å². The van der Waals surface area contributed by atoms with Crippen molar-refractivity contribution in [2.24, 2.45) is 0 Å². The van der Waals surface area contributed by atoms with Gasteiger partial charge in [0.05, 0.1) is 61.5 Å². The van der Waals surface area contributed by atoms with Gasteiger partial charge in [0.15, 0.2) is 0 Å². The highest BCUT2D eigenvalue weighted by Gasteiger charge is 2.51. The Morgan fingerprint density at radius 2 is 0.776 bits per heavy atom. The first-order valence-corrected chi connectivity index (χ1v) is 23.3. The summed E-state index contributed by atoms with van der Waals surface area (Å²) in [6.07, 6.45) is 3.77. The second-order valence-electron chi connectivity index (χ2n) is 17.6. The van der Waals surface area contributed by atoms with Gasteiger partial charge in [-0.2, -0.15) is 5.26 Å². The van der Waals surface area contributed by atoms with E-state index in [0.717, 1.165) is 72.4 Å². The molecule has 5 aromatic heterocycles. The van der Waals surface area contributed by atoms with E-state index in [1.54, 1.807) is 0 Å². The molecule has 0 amide bonds. The molecule has 7 heteroatoms. The van der Waals surface area contributed by atoms with Crippen LogP contribution in [-0.4, -0.2) is 23.7 Å². The van der Waals surface area contributed by atoms with Gasteiger partial charge in [0.2, 0.25) is 0 Å². The van der Waals surface area contributed by atoms with Crippen LogP contribution in [0.3, 0.4) is 0 Å². The molecule has 6 heterocycles. The molecule has 1 spiro atoms. The summed E-state index contributed by atoms with van der Waals surface area (Å²) in [5.74, 6) is 0. The molecule has 6 nitrogen and oxygen atoms in total. The molecule has 13 aromatic rings. The molecule has 0 atom stereocenters. The number of pyridine rings is 2. The normalized spacial score (nSPS) is 13.4. The van der Waals surface area contributed by atoms with Crippen molar-refractivity contribution in [2.75, 3.05) is 0 Å². The van der Waals surface area contributed by atoms with E-state index in [0.29, 0.717) is 5.56 Å². The lowest BCUT2D eigenvalue weighted by Crippen LogP contribution is -2.32. The van der Waals surface area contributed by atoms with Gasteiger partial charge in [-0.05, 0) is 119 Å². The Bertz CT molecular complexity index is 4250. The Kier molecular flexibility index (Phi) is 7.34. The number of aromatic nitrogens is 5. The lowest BCUT2D eigenvalue weighted by atomic mass is 9.67. The van der Waals surface area contributed by atoms with Crippen molar-refractivity contribution in [3.63, 3.8) is 0 Å². The molecule has 1 aliphatic carbocycles. The molecule has 15 rings (SSSR count). The van der Waals surface area contributed by atoms with Crippen LogP contribution < -0.4 is 0 Å². The van der Waals surface area contributed by atoms with Crippen molar-refractivity contribution in [3.8, 4) is 34.5 Å². The number of fused-ring (bicyclic) bond motifs is 18. The average molecular weight is 871 g/mol. The van der Waals surface area contributed by atoms with E-state index >= 15 is 0 Å². The van der Waals surface area contributed by atoms with E-state index in [1.807, 2.05) is 36.3 Å².